The van der Waals surface area contributed by atoms with Gasteiger partial charge in [0, 0.05) is 32.9 Å². The van der Waals surface area contributed by atoms with E-state index < -0.39 is 50.0 Å². The van der Waals surface area contributed by atoms with Crippen molar-refractivity contribution in [1.29, 1.82) is 0 Å². The van der Waals surface area contributed by atoms with E-state index in [4.69, 9.17) is 37.9 Å². The average Bonchev–Trinajstić information content (AvgIpc) is 2.71. The third-order valence-corrected chi connectivity index (χ3v) is 7.36. The summed E-state index contributed by atoms with van der Waals surface area (Å²) >= 11 is -0.556. The van der Waals surface area contributed by atoms with Crippen LogP contribution < -0.4 is 0 Å². The molecule has 0 fully saturated rings. The summed E-state index contributed by atoms with van der Waals surface area (Å²) in [5.74, 6) is 1.92. The number of nitrogens with zero attached hydrogens (tertiary/aromatic N) is 4. The average molecular weight is 646 g/mol. The van der Waals surface area contributed by atoms with Crippen molar-refractivity contribution in [2.45, 2.75) is 78.6 Å². The van der Waals surface area contributed by atoms with Gasteiger partial charge >= 0.3 is 35.6 Å². The molecule has 2 aromatic rings. The molecule has 37 heavy (non-hydrogen) atoms. The normalized spacial score (nSPS) is 12.9. The Bertz CT molecular complexity index is 885. The topological polar surface area (TPSA) is 52.9 Å². The molecule has 4 nitrogen and oxygen atoms in total. The van der Waals surface area contributed by atoms with Crippen LogP contribution in [0, 0.1) is 0 Å². The first-order chi connectivity index (χ1) is 16.8. The van der Waals surface area contributed by atoms with Gasteiger partial charge in [0.05, 0.1) is 0 Å². The summed E-state index contributed by atoms with van der Waals surface area (Å²) < 4.78 is 9.78. The quantitative estimate of drug-likeness (QED) is 0.171. The first-order valence-corrected chi connectivity index (χ1v) is 30.6. The van der Waals surface area contributed by atoms with E-state index in [-0.39, 0.29) is 0 Å². The molecular formula is C26H46Cl2N4Si4Ti-2. The van der Waals surface area contributed by atoms with Gasteiger partial charge in [-0.25, -0.2) is 0 Å². The van der Waals surface area contributed by atoms with Gasteiger partial charge in [-0.15, -0.1) is 0 Å². The van der Waals surface area contributed by atoms with Crippen LogP contribution in [0.2, 0.25) is 78.6 Å². The van der Waals surface area contributed by atoms with Crippen LogP contribution in [0.25, 0.3) is 9.96 Å². The number of benzene rings is 2. The molecule has 0 radical (unpaired) electrons. The molecule has 0 saturated heterocycles. The molecule has 0 heterocycles. The van der Waals surface area contributed by atoms with Crippen LogP contribution in [0.4, 0.5) is 0 Å². The molecule has 0 aliphatic carbocycles. The van der Waals surface area contributed by atoms with Gasteiger partial charge in [0.15, 0.2) is 0 Å². The van der Waals surface area contributed by atoms with Gasteiger partial charge in [-0.1, -0.05) is 151 Å². The second kappa shape index (κ2) is 16.6. The molecule has 11 heteroatoms. The second-order valence-electron chi connectivity index (χ2n) is 12.6. The molecule has 0 aromatic heterocycles. The summed E-state index contributed by atoms with van der Waals surface area (Å²) in [5, 5.41) is 0. The maximum atomic E-state index is 4.89. The molecule has 0 bridgehead atoms. The number of amidine groups is 2. The monoisotopic (exact) mass is 644 g/mol. The second-order valence-corrected chi connectivity index (χ2v) is 33.4. The van der Waals surface area contributed by atoms with Crippen LogP contribution in [0.1, 0.15) is 11.1 Å². The molecule has 0 saturated carbocycles. The number of hydrogen-bond acceptors (Lipinski definition) is 2. The van der Waals surface area contributed by atoms with Crippen molar-refractivity contribution in [3.63, 3.8) is 0 Å². The molecule has 206 valence electrons. The van der Waals surface area contributed by atoms with E-state index in [1.165, 1.54) is 0 Å². The van der Waals surface area contributed by atoms with Gasteiger partial charge in [-0.2, -0.15) is 0 Å². The summed E-state index contributed by atoms with van der Waals surface area (Å²) in [6, 6.07) is 20.7. The minimum absolute atomic E-state index is 0.556. The van der Waals surface area contributed by atoms with Crippen molar-refractivity contribution in [1.82, 2.24) is 0 Å². The molecule has 0 atom stereocenters. The predicted molar refractivity (Wildman–Crippen MR) is 178 cm³/mol. The summed E-state index contributed by atoms with van der Waals surface area (Å²) in [5.41, 5.74) is 2.30. The van der Waals surface area contributed by atoms with E-state index in [1.54, 1.807) is 0 Å². The zero-order chi connectivity index (χ0) is 28.9. The molecule has 0 amide bonds. The third kappa shape index (κ3) is 21.1. The van der Waals surface area contributed by atoms with Gasteiger partial charge in [0.2, 0.25) is 0 Å². The molecule has 2 aromatic carbocycles. The minimum atomic E-state index is -1.49. The Morgan fingerprint density at radius 2 is 0.784 bits per heavy atom. The zero-order valence-corrected chi connectivity index (χ0v) is 31.9. The predicted octanol–water partition coefficient (Wildman–Crippen LogP) is 10.3. The van der Waals surface area contributed by atoms with Crippen molar-refractivity contribution in [3.8, 4) is 0 Å². The Hall–Kier alpha value is -0.458. The van der Waals surface area contributed by atoms with E-state index >= 15 is 0 Å². The fourth-order valence-corrected chi connectivity index (χ4v) is 6.21. The Balaban J connectivity index is 0.000000633. The van der Waals surface area contributed by atoms with Crippen LogP contribution in [0.3, 0.4) is 0 Å². The van der Waals surface area contributed by atoms with Gasteiger partial charge in [0.25, 0.3) is 0 Å². The molecule has 2 rings (SSSR count). The molecule has 0 N–H and O–H groups in total. The Morgan fingerprint density at radius 3 is 0.973 bits per heavy atom. The first-order valence-electron chi connectivity index (χ1n) is 12.5. The van der Waals surface area contributed by atoms with E-state index in [0.29, 0.717) is 0 Å². The zero-order valence-electron chi connectivity index (χ0n) is 24.8. The molecule has 0 unspecified atom stereocenters. The van der Waals surface area contributed by atoms with Crippen LogP contribution in [-0.4, -0.2) is 44.6 Å². The van der Waals surface area contributed by atoms with Gasteiger partial charge in [0.1, 0.15) is 0 Å². The van der Waals surface area contributed by atoms with Crippen molar-refractivity contribution >= 4 is 63.2 Å². The van der Waals surface area contributed by atoms with Crippen LogP contribution >= 0.6 is 18.6 Å². The van der Waals surface area contributed by atoms with E-state index in [9.17, 15) is 0 Å². The summed E-state index contributed by atoms with van der Waals surface area (Å²) in [7, 11) is 3.83. The Kier molecular flexibility index (Phi) is 16.4. The van der Waals surface area contributed by atoms with Gasteiger partial charge in [-0.05, 0) is 11.1 Å². The molecular weight excluding hydrogens is 599 g/mol. The molecule has 0 aliphatic rings. The van der Waals surface area contributed by atoms with Crippen molar-refractivity contribution in [2.75, 3.05) is 0 Å². The Labute approximate surface area is 248 Å². The Morgan fingerprint density at radius 1 is 0.541 bits per heavy atom. The van der Waals surface area contributed by atoms with Crippen molar-refractivity contribution in [2.24, 2.45) is 9.32 Å². The standard InChI is InChI=1S/2C13H23N2Si2.2ClH.Ti/c2*1-16(2,3)14-13(15-17(4,5)6)12-10-8-7-9-11-12;;;/h2*7-11H,1-6H3;2*1H;/q2*-1;;;+2/p-2. The fourth-order valence-electron chi connectivity index (χ4n) is 2.75. The van der Waals surface area contributed by atoms with Crippen LogP contribution in [0.15, 0.2) is 70.0 Å². The summed E-state index contributed by atoms with van der Waals surface area (Å²) in [4.78, 5) is 9.78. The maximum absolute atomic E-state index is 4.89. The van der Waals surface area contributed by atoms with E-state index in [1.807, 2.05) is 12.1 Å². The van der Waals surface area contributed by atoms with Gasteiger partial charge in [-0.3, -0.25) is 0 Å². The summed E-state index contributed by atoms with van der Waals surface area (Å²) in [6.45, 7) is 26.9. The van der Waals surface area contributed by atoms with E-state index in [0.717, 1.165) is 22.8 Å². The van der Waals surface area contributed by atoms with Gasteiger partial charge < -0.3 is 19.3 Å². The molecule has 0 aliphatic heterocycles. The first kappa shape index (κ1) is 36.5. The number of hydrogen-bond donors (Lipinski definition) is 0. The number of rotatable bonds is 6. The van der Waals surface area contributed by atoms with Crippen molar-refractivity contribution < 1.29 is 17.0 Å². The van der Waals surface area contributed by atoms with Crippen LogP contribution in [0.5, 0.6) is 0 Å². The van der Waals surface area contributed by atoms with E-state index in [2.05, 4.69) is 127 Å². The molecule has 0 spiro atoms. The van der Waals surface area contributed by atoms with Crippen molar-refractivity contribution in [3.05, 3.63) is 81.8 Å². The number of halogens is 2. The summed E-state index contributed by atoms with van der Waals surface area (Å²) in [6.07, 6.45) is 0. The third-order valence-electron chi connectivity index (χ3n) is 3.83. The fraction of sp³-hybridized carbons (Fsp3) is 0.462. The SMILES string of the molecule is C[Si](C)(C)/N=C(/[N-][Si](C)(C)C)c1ccccc1.C[Si](C)(C)/N=C(/[N-][Si](C)(C)C)c1ccccc1.[Cl][Ti][Cl]. The van der Waals surface area contributed by atoms with Crippen LogP contribution in [-0.2, 0) is 17.0 Å².